The monoisotopic (exact) mass is 546 g/mol. The first-order chi connectivity index (χ1) is 13.9. The van der Waals surface area contributed by atoms with Gasteiger partial charge in [-0.2, -0.15) is 0 Å². The minimum Gasteiger partial charge on any atom is -0.317 e. The van der Waals surface area contributed by atoms with Gasteiger partial charge in [0, 0.05) is 31.6 Å². The van der Waals surface area contributed by atoms with Crippen LogP contribution in [0.3, 0.4) is 0 Å². The average Bonchev–Trinajstić information content (AvgIpc) is 3.11. The zero-order valence-corrected chi connectivity index (χ0v) is 20.5. The topological polar surface area (TPSA) is 25.2 Å². The maximum Gasteiger partial charge on any atom is 0.270 e. The van der Waals surface area contributed by atoms with Crippen LogP contribution in [0.2, 0.25) is 0 Å². The second-order valence-corrected chi connectivity index (χ2v) is 9.95. The van der Waals surface area contributed by atoms with Gasteiger partial charge >= 0.3 is 0 Å². The highest BCUT2D eigenvalue weighted by molar-refractivity contribution is 9.10. The molecule has 0 spiro atoms. The van der Waals surface area contributed by atoms with E-state index in [0.717, 1.165) is 37.3 Å². The number of nitrogens with zero attached hydrogens (tertiary/aromatic N) is 2. The molecule has 146 valence electrons. The number of halogens is 2. The Hall–Kier alpha value is -1.67. The molecule has 1 aromatic heterocycles. The van der Waals surface area contributed by atoms with Gasteiger partial charge in [-0.25, -0.2) is 0 Å². The Bertz CT molecular complexity index is 1150. The molecule has 0 bridgehead atoms. The maximum absolute atomic E-state index is 13.1. The van der Waals surface area contributed by atoms with Gasteiger partial charge in [-0.1, -0.05) is 58.1 Å². The highest BCUT2D eigenvalue weighted by Crippen LogP contribution is 2.39. The van der Waals surface area contributed by atoms with Crippen molar-refractivity contribution in [2.24, 2.45) is 0 Å². The molecule has 3 nitrogen and oxygen atoms in total. The van der Waals surface area contributed by atoms with E-state index in [2.05, 4.69) is 62.4 Å². The Kier molecular flexibility index (Phi) is 5.84. The summed E-state index contributed by atoms with van der Waals surface area (Å²) < 4.78 is 4.74. The Morgan fingerprint density at radius 3 is 2.24 bits per heavy atom. The van der Waals surface area contributed by atoms with Crippen LogP contribution in [0.1, 0.15) is 17.0 Å². The molecule has 7 heteroatoms. The Balaban J connectivity index is 1.76. The number of thiocarbonyl (C=S) groups is 1. The third kappa shape index (κ3) is 3.77. The molecule has 29 heavy (non-hydrogen) atoms. The smallest absolute Gasteiger partial charge is 0.270 e. The van der Waals surface area contributed by atoms with Crippen molar-refractivity contribution in [1.29, 1.82) is 0 Å². The fraction of sp³-hybridized carbons (Fsp3) is 0.0909. The summed E-state index contributed by atoms with van der Waals surface area (Å²) in [5, 5.41) is 0. The minimum atomic E-state index is -0.0912. The molecular weight excluding hydrogens is 532 g/mol. The van der Waals surface area contributed by atoms with E-state index >= 15 is 0 Å². The molecule has 2 heterocycles. The van der Waals surface area contributed by atoms with E-state index < -0.39 is 0 Å². The largest absolute Gasteiger partial charge is 0.317 e. The highest BCUT2D eigenvalue weighted by atomic mass is 79.9. The van der Waals surface area contributed by atoms with E-state index in [1.54, 1.807) is 4.90 Å². The molecule has 0 aliphatic carbocycles. The molecule has 3 aromatic rings. The number of benzene rings is 2. The van der Waals surface area contributed by atoms with Crippen LogP contribution < -0.4 is 4.90 Å². The molecular formula is C22H16Br2N2OS2. The SMILES string of the molecule is Cc1c(Br)c(/C=C2/SC(=S)N(c3ccccc3)C2=O)c(C)n1-c1ccc(Br)cc1. The van der Waals surface area contributed by atoms with Crippen molar-refractivity contribution in [2.45, 2.75) is 13.8 Å². The van der Waals surface area contributed by atoms with Gasteiger partial charge in [0.05, 0.1) is 10.6 Å². The fourth-order valence-electron chi connectivity index (χ4n) is 3.37. The molecule has 4 rings (SSSR count). The molecule has 0 unspecified atom stereocenters. The van der Waals surface area contributed by atoms with Gasteiger partial charge in [-0.15, -0.1) is 0 Å². The number of para-hydroxylation sites is 1. The lowest BCUT2D eigenvalue weighted by molar-refractivity contribution is -0.113. The summed E-state index contributed by atoms with van der Waals surface area (Å²) >= 11 is 14.0. The first-order valence-electron chi connectivity index (χ1n) is 8.85. The lowest BCUT2D eigenvalue weighted by Crippen LogP contribution is -2.27. The Morgan fingerprint density at radius 1 is 0.931 bits per heavy atom. The van der Waals surface area contributed by atoms with Crippen LogP contribution in [0.4, 0.5) is 5.69 Å². The molecule has 1 aliphatic rings. The number of anilines is 1. The van der Waals surface area contributed by atoms with Gasteiger partial charge in [0.25, 0.3) is 5.91 Å². The maximum atomic E-state index is 13.1. The van der Waals surface area contributed by atoms with Gasteiger partial charge in [-0.3, -0.25) is 9.69 Å². The van der Waals surface area contributed by atoms with Crippen LogP contribution in [-0.2, 0) is 4.79 Å². The van der Waals surface area contributed by atoms with Gasteiger partial charge < -0.3 is 4.57 Å². The predicted octanol–water partition coefficient (Wildman–Crippen LogP) is 7.02. The lowest BCUT2D eigenvalue weighted by Gasteiger charge is -2.13. The van der Waals surface area contributed by atoms with Crippen molar-refractivity contribution in [3.63, 3.8) is 0 Å². The minimum absolute atomic E-state index is 0.0912. The number of amides is 1. The van der Waals surface area contributed by atoms with Crippen molar-refractivity contribution < 1.29 is 4.79 Å². The second kappa shape index (κ2) is 8.22. The van der Waals surface area contributed by atoms with Crippen molar-refractivity contribution in [1.82, 2.24) is 4.57 Å². The summed E-state index contributed by atoms with van der Waals surface area (Å²) in [5.74, 6) is -0.0912. The van der Waals surface area contributed by atoms with Gasteiger partial charge in [0.2, 0.25) is 0 Å². The third-order valence-corrected chi connectivity index (χ3v) is 7.61. The molecule has 1 amide bonds. The Morgan fingerprint density at radius 2 is 1.59 bits per heavy atom. The van der Waals surface area contributed by atoms with E-state index in [0.29, 0.717) is 9.23 Å². The number of hydrogen-bond acceptors (Lipinski definition) is 3. The molecule has 1 saturated heterocycles. The zero-order chi connectivity index (χ0) is 20.7. The average molecular weight is 548 g/mol. The lowest BCUT2D eigenvalue weighted by atomic mass is 10.2. The van der Waals surface area contributed by atoms with Crippen LogP contribution in [0, 0.1) is 13.8 Å². The number of hydrogen-bond donors (Lipinski definition) is 0. The first-order valence-corrected chi connectivity index (χ1v) is 11.7. The summed E-state index contributed by atoms with van der Waals surface area (Å²) in [6, 6.07) is 17.7. The quantitative estimate of drug-likeness (QED) is 0.260. The molecule has 2 aromatic carbocycles. The number of carbonyl (C=O) groups excluding carboxylic acids is 1. The van der Waals surface area contributed by atoms with Gasteiger partial charge in [-0.05, 0) is 72.3 Å². The highest BCUT2D eigenvalue weighted by Gasteiger charge is 2.33. The van der Waals surface area contributed by atoms with Crippen LogP contribution in [0.25, 0.3) is 11.8 Å². The van der Waals surface area contributed by atoms with Crippen molar-refractivity contribution in [3.05, 3.63) is 85.4 Å². The molecule has 0 atom stereocenters. The van der Waals surface area contributed by atoms with Gasteiger partial charge in [0.15, 0.2) is 4.32 Å². The van der Waals surface area contributed by atoms with Crippen LogP contribution in [0.15, 0.2) is 68.4 Å². The zero-order valence-electron chi connectivity index (χ0n) is 15.6. The molecule has 0 radical (unpaired) electrons. The number of carbonyl (C=O) groups is 1. The van der Waals surface area contributed by atoms with Crippen LogP contribution in [0.5, 0.6) is 0 Å². The third-order valence-electron chi connectivity index (χ3n) is 4.78. The summed E-state index contributed by atoms with van der Waals surface area (Å²) in [7, 11) is 0. The number of rotatable bonds is 3. The summed E-state index contributed by atoms with van der Waals surface area (Å²) in [5.41, 5.74) is 4.98. The van der Waals surface area contributed by atoms with E-state index in [9.17, 15) is 4.79 Å². The summed E-state index contributed by atoms with van der Waals surface area (Å²) in [4.78, 5) is 15.3. The normalized spacial score (nSPS) is 15.6. The number of aromatic nitrogens is 1. The van der Waals surface area contributed by atoms with Gasteiger partial charge in [0.1, 0.15) is 0 Å². The second-order valence-electron chi connectivity index (χ2n) is 6.56. The van der Waals surface area contributed by atoms with E-state index in [1.165, 1.54) is 11.8 Å². The van der Waals surface area contributed by atoms with Crippen molar-refractivity contribution in [3.8, 4) is 5.69 Å². The Labute approximate surface area is 196 Å². The van der Waals surface area contributed by atoms with Crippen molar-refractivity contribution >= 4 is 77.8 Å². The van der Waals surface area contributed by atoms with E-state index in [4.69, 9.17) is 12.2 Å². The summed E-state index contributed by atoms with van der Waals surface area (Å²) in [6.45, 7) is 4.12. The fourth-order valence-corrected chi connectivity index (χ4v) is 5.49. The molecule has 0 saturated carbocycles. The van der Waals surface area contributed by atoms with E-state index in [1.807, 2.05) is 48.5 Å². The van der Waals surface area contributed by atoms with E-state index in [-0.39, 0.29) is 5.91 Å². The number of thioether (sulfide) groups is 1. The first kappa shape index (κ1) is 20.6. The standard InChI is InChI=1S/C22H16Br2N2OS2/c1-13-18(20(24)14(2)25(13)17-10-8-15(23)9-11-17)12-19-21(27)26(22(28)29-19)16-6-4-3-5-7-16/h3-12H,1-2H3/b19-12+. The van der Waals surface area contributed by atoms with Crippen molar-refractivity contribution in [2.75, 3.05) is 4.90 Å². The molecule has 1 fully saturated rings. The summed E-state index contributed by atoms with van der Waals surface area (Å²) in [6.07, 6.45) is 1.93. The molecule has 0 N–H and O–H groups in total. The predicted molar refractivity (Wildman–Crippen MR) is 133 cm³/mol. The molecule has 1 aliphatic heterocycles. The van der Waals surface area contributed by atoms with Crippen LogP contribution in [-0.4, -0.2) is 14.8 Å². The van der Waals surface area contributed by atoms with Crippen LogP contribution >= 0.6 is 55.8 Å².